The number of nitriles is 1. The summed E-state index contributed by atoms with van der Waals surface area (Å²) in [5.74, 6) is 0.523. The summed E-state index contributed by atoms with van der Waals surface area (Å²) in [5.41, 5.74) is 9.42. The van der Waals surface area contributed by atoms with Crippen LogP contribution in [0.3, 0.4) is 0 Å². The Morgan fingerprint density at radius 2 is 1.94 bits per heavy atom. The number of nitrogens with zero attached hydrogens (tertiary/aromatic N) is 2. The van der Waals surface area contributed by atoms with Gasteiger partial charge in [-0.1, -0.05) is 12.1 Å². The Morgan fingerprint density at radius 1 is 1.25 bits per heavy atom. The molecule has 3 heteroatoms. The van der Waals surface area contributed by atoms with E-state index in [4.69, 9.17) is 11.0 Å². The van der Waals surface area contributed by atoms with Crippen molar-refractivity contribution in [1.29, 1.82) is 5.26 Å². The van der Waals surface area contributed by atoms with Gasteiger partial charge < -0.3 is 5.73 Å². The van der Waals surface area contributed by atoms with E-state index in [0.717, 1.165) is 16.7 Å². The molecule has 2 N–H and O–H groups in total. The normalized spacial score (nSPS) is 9.75. The summed E-state index contributed by atoms with van der Waals surface area (Å²) in [5, 5.41) is 8.71. The minimum atomic E-state index is 0.523. The third-order valence-electron chi connectivity index (χ3n) is 2.46. The summed E-state index contributed by atoms with van der Waals surface area (Å²) in [4.78, 5) is 4.07. The van der Waals surface area contributed by atoms with Gasteiger partial charge in [0, 0.05) is 11.8 Å². The molecule has 2 aromatic rings. The molecule has 1 aromatic heterocycles. The van der Waals surface area contributed by atoms with Gasteiger partial charge in [-0.05, 0) is 36.2 Å². The minimum absolute atomic E-state index is 0.523. The number of benzene rings is 1. The first-order chi connectivity index (χ1) is 7.70. The van der Waals surface area contributed by atoms with Crippen molar-refractivity contribution in [2.75, 3.05) is 5.73 Å². The number of aryl methyl sites for hydroxylation is 1. The summed E-state index contributed by atoms with van der Waals surface area (Å²) in [7, 11) is 0. The molecule has 0 aliphatic carbocycles. The highest BCUT2D eigenvalue weighted by molar-refractivity contribution is 5.68. The first-order valence-electron chi connectivity index (χ1n) is 4.93. The highest BCUT2D eigenvalue weighted by Crippen LogP contribution is 2.23. The Bertz CT molecular complexity index is 550. The number of anilines is 1. The predicted molar refractivity (Wildman–Crippen MR) is 63.5 cm³/mol. The monoisotopic (exact) mass is 209 g/mol. The lowest BCUT2D eigenvalue weighted by atomic mass is 10.0. The van der Waals surface area contributed by atoms with E-state index < -0.39 is 0 Å². The number of aromatic nitrogens is 1. The molecule has 2 rings (SSSR count). The molecule has 0 atom stereocenters. The molecule has 0 aliphatic rings. The van der Waals surface area contributed by atoms with Gasteiger partial charge in [0.2, 0.25) is 0 Å². The summed E-state index contributed by atoms with van der Waals surface area (Å²) in [6.45, 7) is 1.99. The number of nitrogens with two attached hydrogens (primary N) is 1. The fraction of sp³-hybridized carbons (Fsp3) is 0.0769. The average Bonchev–Trinajstić information content (AvgIpc) is 2.29. The number of rotatable bonds is 1. The van der Waals surface area contributed by atoms with Crippen LogP contribution < -0.4 is 5.73 Å². The topological polar surface area (TPSA) is 62.7 Å². The number of hydrogen-bond acceptors (Lipinski definition) is 3. The maximum absolute atomic E-state index is 8.71. The van der Waals surface area contributed by atoms with Crippen LogP contribution in [0.2, 0.25) is 0 Å². The fourth-order valence-electron chi connectivity index (χ4n) is 1.60. The Hall–Kier alpha value is -2.34. The summed E-state index contributed by atoms with van der Waals surface area (Å²) in [6, 6.07) is 11.4. The van der Waals surface area contributed by atoms with Crippen LogP contribution >= 0.6 is 0 Å². The van der Waals surface area contributed by atoms with Crippen molar-refractivity contribution < 1.29 is 0 Å². The Balaban J connectivity index is 2.47. The van der Waals surface area contributed by atoms with E-state index in [1.807, 2.05) is 25.1 Å². The molecule has 0 spiro atoms. The molecule has 1 heterocycles. The van der Waals surface area contributed by atoms with E-state index in [-0.39, 0.29) is 0 Å². The second-order valence-corrected chi connectivity index (χ2v) is 3.61. The molecular formula is C13H11N3. The van der Waals surface area contributed by atoms with Gasteiger partial charge in [-0.3, -0.25) is 0 Å². The molecule has 0 saturated heterocycles. The summed E-state index contributed by atoms with van der Waals surface area (Å²) < 4.78 is 0. The number of pyridine rings is 1. The van der Waals surface area contributed by atoms with Crippen molar-refractivity contribution in [2.24, 2.45) is 0 Å². The lowest BCUT2D eigenvalue weighted by Crippen LogP contribution is -1.92. The van der Waals surface area contributed by atoms with Crippen LogP contribution in [-0.2, 0) is 0 Å². The van der Waals surface area contributed by atoms with Crippen LogP contribution in [0.4, 0.5) is 5.82 Å². The molecule has 1 aromatic carbocycles. The van der Waals surface area contributed by atoms with Gasteiger partial charge in [-0.25, -0.2) is 4.98 Å². The quantitative estimate of drug-likeness (QED) is 0.784. The van der Waals surface area contributed by atoms with Gasteiger partial charge in [0.25, 0.3) is 0 Å². The second kappa shape index (κ2) is 4.03. The molecule has 16 heavy (non-hydrogen) atoms. The molecule has 0 unspecified atom stereocenters. The number of hydrogen-bond donors (Lipinski definition) is 1. The highest BCUT2D eigenvalue weighted by Gasteiger charge is 2.02. The van der Waals surface area contributed by atoms with Gasteiger partial charge in [0.15, 0.2) is 0 Å². The van der Waals surface area contributed by atoms with Crippen molar-refractivity contribution in [3.8, 4) is 17.2 Å². The molecule has 3 nitrogen and oxygen atoms in total. The molecule has 0 fully saturated rings. The van der Waals surface area contributed by atoms with Crippen LogP contribution in [0.5, 0.6) is 0 Å². The zero-order valence-electron chi connectivity index (χ0n) is 8.94. The maximum Gasteiger partial charge on any atom is 0.123 e. The average molecular weight is 209 g/mol. The van der Waals surface area contributed by atoms with Crippen molar-refractivity contribution in [1.82, 2.24) is 4.98 Å². The minimum Gasteiger partial charge on any atom is -0.384 e. The van der Waals surface area contributed by atoms with E-state index in [2.05, 4.69) is 11.1 Å². The van der Waals surface area contributed by atoms with Crippen LogP contribution in [0.25, 0.3) is 11.1 Å². The smallest absolute Gasteiger partial charge is 0.123 e. The van der Waals surface area contributed by atoms with Gasteiger partial charge in [-0.2, -0.15) is 5.26 Å². The fourth-order valence-corrected chi connectivity index (χ4v) is 1.60. The standard InChI is InChI=1S/C13H11N3/c1-9-6-13(15)16-8-12(9)11-4-2-10(7-14)3-5-11/h2-6,8H,1H3,(H2,15,16). The van der Waals surface area contributed by atoms with Crippen LogP contribution in [-0.4, -0.2) is 4.98 Å². The molecule has 0 saturated carbocycles. The molecule has 0 radical (unpaired) electrons. The van der Waals surface area contributed by atoms with Crippen molar-refractivity contribution in [3.05, 3.63) is 47.7 Å². The molecule has 0 aliphatic heterocycles. The second-order valence-electron chi connectivity index (χ2n) is 3.61. The van der Waals surface area contributed by atoms with E-state index >= 15 is 0 Å². The van der Waals surface area contributed by atoms with Crippen LogP contribution in [0, 0.1) is 18.3 Å². The Kier molecular flexibility index (Phi) is 2.57. The van der Waals surface area contributed by atoms with Gasteiger partial charge in [-0.15, -0.1) is 0 Å². The Morgan fingerprint density at radius 3 is 2.50 bits per heavy atom. The third-order valence-corrected chi connectivity index (χ3v) is 2.46. The molecule has 78 valence electrons. The zero-order valence-corrected chi connectivity index (χ0v) is 8.94. The van der Waals surface area contributed by atoms with Gasteiger partial charge in [0.1, 0.15) is 5.82 Å². The largest absolute Gasteiger partial charge is 0.384 e. The first-order valence-corrected chi connectivity index (χ1v) is 4.93. The van der Waals surface area contributed by atoms with E-state index in [1.165, 1.54) is 0 Å². The van der Waals surface area contributed by atoms with Crippen molar-refractivity contribution in [3.63, 3.8) is 0 Å². The summed E-state index contributed by atoms with van der Waals surface area (Å²) >= 11 is 0. The van der Waals surface area contributed by atoms with Crippen molar-refractivity contribution >= 4 is 5.82 Å². The maximum atomic E-state index is 8.71. The van der Waals surface area contributed by atoms with E-state index in [9.17, 15) is 0 Å². The lowest BCUT2D eigenvalue weighted by molar-refractivity contribution is 1.29. The highest BCUT2D eigenvalue weighted by atomic mass is 14.8. The third kappa shape index (κ3) is 1.86. The summed E-state index contributed by atoms with van der Waals surface area (Å²) in [6.07, 6.45) is 1.76. The Labute approximate surface area is 94.2 Å². The van der Waals surface area contributed by atoms with Crippen molar-refractivity contribution in [2.45, 2.75) is 6.92 Å². The van der Waals surface area contributed by atoms with Gasteiger partial charge in [0.05, 0.1) is 11.6 Å². The molecular weight excluding hydrogens is 198 g/mol. The number of nitrogen functional groups attached to an aromatic ring is 1. The predicted octanol–water partition coefficient (Wildman–Crippen LogP) is 2.51. The zero-order chi connectivity index (χ0) is 11.5. The first kappa shape index (κ1) is 10.2. The van der Waals surface area contributed by atoms with Crippen LogP contribution in [0.1, 0.15) is 11.1 Å². The molecule has 0 bridgehead atoms. The molecule has 0 amide bonds. The van der Waals surface area contributed by atoms with E-state index in [1.54, 1.807) is 18.3 Å². The van der Waals surface area contributed by atoms with Gasteiger partial charge >= 0.3 is 0 Å². The van der Waals surface area contributed by atoms with Crippen LogP contribution in [0.15, 0.2) is 36.5 Å². The van der Waals surface area contributed by atoms with E-state index in [0.29, 0.717) is 11.4 Å². The SMILES string of the molecule is Cc1cc(N)ncc1-c1ccc(C#N)cc1. The lowest BCUT2D eigenvalue weighted by Gasteiger charge is -2.06.